The van der Waals surface area contributed by atoms with Crippen LogP contribution < -0.4 is 4.74 Å². The number of nitrogens with zero attached hydrogens (tertiary/aromatic N) is 2. The Kier molecular flexibility index (Phi) is 7.38. The number of amides is 1. The number of likely N-dealkylation sites (tertiary alicyclic amines) is 1. The molecule has 2 heterocycles. The lowest BCUT2D eigenvalue weighted by Gasteiger charge is -2.35. The summed E-state index contributed by atoms with van der Waals surface area (Å²) in [6.45, 7) is 6.58. The van der Waals surface area contributed by atoms with E-state index in [-0.39, 0.29) is 5.91 Å². The molecule has 0 aromatic heterocycles. The van der Waals surface area contributed by atoms with Crippen molar-refractivity contribution in [2.24, 2.45) is 5.92 Å². The second kappa shape index (κ2) is 10.6. The molecule has 1 atom stereocenters. The van der Waals surface area contributed by atoms with E-state index in [1.165, 1.54) is 6.42 Å². The zero-order valence-electron chi connectivity index (χ0n) is 17.6. The van der Waals surface area contributed by atoms with Crippen LogP contribution in [0.25, 0.3) is 0 Å². The first-order chi connectivity index (χ1) is 14.8. The standard InChI is InChI=1S/C25H32N2O3/c28-25(24(22-7-3-1-4-8-22)30-23-9-5-2-6-10-23)27-15-12-21(13-16-27)11-14-26-17-19-29-20-18-26/h1-10,21,24H,11-20H2. The SMILES string of the molecule is O=C(C(Oc1ccccc1)c1ccccc1)N1CCC(CCN2CCOCC2)CC1. The number of para-hydroxylation sites is 1. The van der Waals surface area contributed by atoms with Crippen LogP contribution in [0, 0.1) is 5.92 Å². The van der Waals surface area contributed by atoms with Crippen molar-refractivity contribution in [1.29, 1.82) is 0 Å². The zero-order valence-corrected chi connectivity index (χ0v) is 17.6. The largest absolute Gasteiger partial charge is 0.476 e. The zero-order chi connectivity index (χ0) is 20.6. The summed E-state index contributed by atoms with van der Waals surface area (Å²) in [6, 6.07) is 19.5. The van der Waals surface area contributed by atoms with Crippen LogP contribution >= 0.6 is 0 Å². The molecule has 30 heavy (non-hydrogen) atoms. The molecule has 2 fully saturated rings. The number of ether oxygens (including phenoxy) is 2. The van der Waals surface area contributed by atoms with Crippen molar-refractivity contribution in [2.75, 3.05) is 45.9 Å². The van der Waals surface area contributed by atoms with Crippen LogP contribution in [-0.4, -0.2) is 61.6 Å². The highest BCUT2D eigenvalue weighted by molar-refractivity contribution is 5.82. The highest BCUT2D eigenvalue weighted by Gasteiger charge is 2.31. The third kappa shape index (κ3) is 5.61. The molecule has 2 aromatic carbocycles. The quantitative estimate of drug-likeness (QED) is 0.699. The lowest BCUT2D eigenvalue weighted by Crippen LogP contribution is -2.43. The first-order valence-electron chi connectivity index (χ1n) is 11.1. The number of carbonyl (C=O) groups is 1. The molecular weight excluding hydrogens is 376 g/mol. The van der Waals surface area contributed by atoms with E-state index >= 15 is 0 Å². The van der Waals surface area contributed by atoms with E-state index in [0.717, 1.165) is 70.1 Å². The van der Waals surface area contributed by atoms with Gasteiger partial charge in [-0.25, -0.2) is 0 Å². The minimum atomic E-state index is -0.599. The van der Waals surface area contributed by atoms with Crippen molar-refractivity contribution in [3.05, 3.63) is 66.2 Å². The Morgan fingerprint density at radius 1 is 0.933 bits per heavy atom. The maximum atomic E-state index is 13.4. The van der Waals surface area contributed by atoms with Crippen molar-refractivity contribution < 1.29 is 14.3 Å². The Morgan fingerprint density at radius 2 is 1.57 bits per heavy atom. The van der Waals surface area contributed by atoms with Crippen LogP contribution in [0.15, 0.2) is 60.7 Å². The smallest absolute Gasteiger partial charge is 0.268 e. The fourth-order valence-corrected chi connectivity index (χ4v) is 4.32. The Balaban J connectivity index is 1.34. The topological polar surface area (TPSA) is 42.0 Å². The molecule has 1 amide bonds. The summed E-state index contributed by atoms with van der Waals surface area (Å²) in [4.78, 5) is 17.9. The predicted octanol–water partition coefficient (Wildman–Crippen LogP) is 3.77. The van der Waals surface area contributed by atoms with Gasteiger partial charge in [-0.2, -0.15) is 0 Å². The van der Waals surface area contributed by atoms with Gasteiger partial charge in [-0.1, -0.05) is 48.5 Å². The molecule has 0 radical (unpaired) electrons. The summed E-state index contributed by atoms with van der Waals surface area (Å²) in [5.41, 5.74) is 0.904. The van der Waals surface area contributed by atoms with E-state index in [2.05, 4.69) is 4.90 Å². The average Bonchev–Trinajstić information content (AvgIpc) is 2.83. The second-order valence-corrected chi connectivity index (χ2v) is 8.23. The molecule has 160 valence electrons. The van der Waals surface area contributed by atoms with Crippen molar-refractivity contribution in [3.8, 4) is 5.75 Å². The van der Waals surface area contributed by atoms with E-state index in [0.29, 0.717) is 5.92 Å². The highest BCUT2D eigenvalue weighted by Crippen LogP contribution is 2.27. The summed E-state index contributed by atoms with van der Waals surface area (Å²) in [5, 5.41) is 0. The van der Waals surface area contributed by atoms with Crippen LogP contribution in [0.5, 0.6) is 5.75 Å². The fourth-order valence-electron chi connectivity index (χ4n) is 4.32. The molecule has 0 bridgehead atoms. The van der Waals surface area contributed by atoms with Crippen LogP contribution in [-0.2, 0) is 9.53 Å². The van der Waals surface area contributed by atoms with Gasteiger partial charge in [0.2, 0.25) is 6.10 Å². The molecule has 0 aliphatic carbocycles. The molecule has 5 nitrogen and oxygen atoms in total. The van der Waals surface area contributed by atoms with Crippen LogP contribution in [0.2, 0.25) is 0 Å². The van der Waals surface area contributed by atoms with Crippen molar-refractivity contribution in [1.82, 2.24) is 9.80 Å². The number of hydrogen-bond donors (Lipinski definition) is 0. The molecule has 0 saturated carbocycles. The van der Waals surface area contributed by atoms with Gasteiger partial charge in [0.15, 0.2) is 0 Å². The number of hydrogen-bond acceptors (Lipinski definition) is 4. The number of carbonyl (C=O) groups excluding carboxylic acids is 1. The predicted molar refractivity (Wildman–Crippen MR) is 117 cm³/mol. The Morgan fingerprint density at radius 3 is 2.23 bits per heavy atom. The van der Waals surface area contributed by atoms with Crippen LogP contribution in [0.1, 0.15) is 30.9 Å². The summed E-state index contributed by atoms with van der Waals surface area (Å²) >= 11 is 0. The Labute approximate surface area is 179 Å². The van der Waals surface area contributed by atoms with E-state index in [4.69, 9.17) is 9.47 Å². The maximum Gasteiger partial charge on any atom is 0.268 e. The molecule has 2 saturated heterocycles. The van der Waals surface area contributed by atoms with Gasteiger partial charge >= 0.3 is 0 Å². The van der Waals surface area contributed by atoms with Gasteiger partial charge in [-0.15, -0.1) is 0 Å². The Bertz CT molecular complexity index is 769. The third-order valence-electron chi connectivity index (χ3n) is 6.21. The monoisotopic (exact) mass is 408 g/mol. The molecule has 2 aromatic rings. The summed E-state index contributed by atoms with van der Waals surface area (Å²) in [7, 11) is 0. The van der Waals surface area contributed by atoms with Gasteiger partial charge in [0.05, 0.1) is 13.2 Å². The summed E-state index contributed by atoms with van der Waals surface area (Å²) in [5.74, 6) is 1.49. The minimum Gasteiger partial charge on any atom is -0.476 e. The first-order valence-corrected chi connectivity index (χ1v) is 11.1. The number of rotatable bonds is 7. The molecule has 2 aliphatic heterocycles. The molecule has 0 spiro atoms. The summed E-state index contributed by atoms with van der Waals surface area (Å²) < 4.78 is 11.6. The van der Waals surface area contributed by atoms with Gasteiger partial charge in [0, 0.05) is 31.7 Å². The molecule has 2 aliphatic rings. The number of benzene rings is 2. The first kappa shape index (κ1) is 20.9. The molecular formula is C25H32N2O3. The molecule has 4 rings (SSSR count). The minimum absolute atomic E-state index is 0.0664. The van der Waals surface area contributed by atoms with E-state index < -0.39 is 6.10 Å². The lowest BCUT2D eigenvalue weighted by molar-refractivity contribution is -0.140. The summed E-state index contributed by atoms with van der Waals surface area (Å²) in [6.07, 6.45) is 2.76. The van der Waals surface area contributed by atoms with Crippen molar-refractivity contribution in [3.63, 3.8) is 0 Å². The van der Waals surface area contributed by atoms with Gasteiger partial charge in [0.1, 0.15) is 5.75 Å². The normalized spacial score (nSPS) is 19.4. The van der Waals surface area contributed by atoms with Gasteiger partial charge in [0.25, 0.3) is 5.91 Å². The Hall–Kier alpha value is -2.37. The molecule has 5 heteroatoms. The van der Waals surface area contributed by atoms with Gasteiger partial charge in [-0.05, 0) is 43.9 Å². The molecule has 1 unspecified atom stereocenters. The second-order valence-electron chi connectivity index (χ2n) is 8.23. The van der Waals surface area contributed by atoms with Crippen molar-refractivity contribution in [2.45, 2.75) is 25.4 Å². The maximum absolute atomic E-state index is 13.4. The number of piperidine rings is 1. The fraction of sp³-hybridized carbons (Fsp3) is 0.480. The third-order valence-corrected chi connectivity index (χ3v) is 6.21. The van der Waals surface area contributed by atoms with Gasteiger partial charge < -0.3 is 14.4 Å². The lowest BCUT2D eigenvalue weighted by atomic mass is 9.92. The van der Waals surface area contributed by atoms with E-state index in [1.807, 2.05) is 65.6 Å². The van der Waals surface area contributed by atoms with Crippen LogP contribution in [0.4, 0.5) is 0 Å². The van der Waals surface area contributed by atoms with E-state index in [9.17, 15) is 4.79 Å². The van der Waals surface area contributed by atoms with Crippen LogP contribution in [0.3, 0.4) is 0 Å². The number of morpholine rings is 1. The van der Waals surface area contributed by atoms with Gasteiger partial charge in [-0.3, -0.25) is 9.69 Å². The highest BCUT2D eigenvalue weighted by atomic mass is 16.5. The average molecular weight is 409 g/mol. The van der Waals surface area contributed by atoms with Crippen molar-refractivity contribution >= 4 is 5.91 Å². The van der Waals surface area contributed by atoms with E-state index in [1.54, 1.807) is 0 Å². The molecule has 0 N–H and O–H groups in total.